The van der Waals surface area contributed by atoms with Gasteiger partial charge in [0.25, 0.3) is 0 Å². The lowest BCUT2D eigenvalue weighted by Crippen LogP contribution is -2.62. The molecular formula is C20H20N2O3. The van der Waals surface area contributed by atoms with Crippen LogP contribution in [0.3, 0.4) is 0 Å². The van der Waals surface area contributed by atoms with Crippen molar-refractivity contribution in [3.05, 3.63) is 59.7 Å². The lowest BCUT2D eigenvalue weighted by Gasteiger charge is -2.46. The highest BCUT2D eigenvalue weighted by atomic mass is 16.5. The summed E-state index contributed by atoms with van der Waals surface area (Å²) < 4.78 is 5.96. The maximum Gasteiger partial charge on any atom is 0.237 e. The molecule has 1 fully saturated rings. The van der Waals surface area contributed by atoms with E-state index < -0.39 is 11.6 Å². The number of aryl methyl sites for hydroxylation is 1. The summed E-state index contributed by atoms with van der Waals surface area (Å²) in [5, 5.41) is 5.79. The van der Waals surface area contributed by atoms with Crippen LogP contribution in [-0.4, -0.2) is 17.5 Å². The van der Waals surface area contributed by atoms with Crippen molar-refractivity contribution in [3.8, 4) is 5.75 Å². The molecule has 4 rings (SSSR count). The molecule has 0 saturated carbocycles. The van der Waals surface area contributed by atoms with E-state index in [0.29, 0.717) is 6.42 Å². The smallest absolute Gasteiger partial charge is 0.237 e. The second kappa shape index (κ2) is 5.62. The van der Waals surface area contributed by atoms with Crippen LogP contribution in [0.1, 0.15) is 30.4 Å². The number of piperidine rings is 1. The first-order chi connectivity index (χ1) is 12.0. The summed E-state index contributed by atoms with van der Waals surface area (Å²) in [5.74, 6) is -0.824. The number of fused-ring (bicyclic) bond motifs is 4. The van der Waals surface area contributed by atoms with Crippen LogP contribution in [0.5, 0.6) is 5.75 Å². The first kappa shape index (κ1) is 15.7. The van der Waals surface area contributed by atoms with Gasteiger partial charge in [-0.25, -0.2) is 0 Å². The van der Waals surface area contributed by atoms with E-state index in [-0.39, 0.29) is 17.7 Å². The van der Waals surface area contributed by atoms with Crippen LogP contribution >= 0.6 is 0 Å². The highest BCUT2D eigenvalue weighted by molar-refractivity contribution is 6.08. The minimum atomic E-state index is -0.780. The van der Waals surface area contributed by atoms with E-state index in [2.05, 4.69) is 10.6 Å². The van der Waals surface area contributed by atoms with Crippen LogP contribution in [-0.2, 0) is 9.59 Å². The minimum absolute atomic E-state index is 0.201. The van der Waals surface area contributed by atoms with Crippen LogP contribution in [0, 0.1) is 12.8 Å². The lowest BCUT2D eigenvalue weighted by molar-refractivity contribution is -0.145. The third kappa shape index (κ3) is 2.65. The van der Waals surface area contributed by atoms with Gasteiger partial charge < -0.3 is 15.4 Å². The molecule has 5 nitrogen and oxygen atoms in total. The Morgan fingerprint density at radius 2 is 1.92 bits per heavy atom. The van der Waals surface area contributed by atoms with Gasteiger partial charge in [-0.3, -0.25) is 9.59 Å². The Balaban J connectivity index is 1.69. The largest absolute Gasteiger partial charge is 0.468 e. The molecule has 2 aromatic carbocycles. The summed E-state index contributed by atoms with van der Waals surface area (Å²) in [6.07, 6.45) is 0.571. The number of benzene rings is 2. The molecule has 0 aromatic heterocycles. The van der Waals surface area contributed by atoms with Gasteiger partial charge in [0.15, 0.2) is 5.72 Å². The van der Waals surface area contributed by atoms with Gasteiger partial charge in [-0.05, 0) is 37.1 Å². The normalized spacial score (nSPS) is 26.9. The zero-order valence-electron chi connectivity index (χ0n) is 14.2. The Kier molecular flexibility index (Phi) is 3.53. The van der Waals surface area contributed by atoms with Crippen LogP contribution < -0.4 is 15.4 Å². The monoisotopic (exact) mass is 336 g/mol. The summed E-state index contributed by atoms with van der Waals surface area (Å²) in [5.41, 5.74) is 1.84. The third-order valence-electron chi connectivity index (χ3n) is 5.02. The highest BCUT2D eigenvalue weighted by Crippen LogP contribution is 2.46. The average Bonchev–Trinajstić information content (AvgIpc) is 2.56. The van der Waals surface area contributed by atoms with Gasteiger partial charge >= 0.3 is 0 Å². The van der Waals surface area contributed by atoms with Gasteiger partial charge in [-0.2, -0.15) is 0 Å². The van der Waals surface area contributed by atoms with E-state index >= 15 is 0 Å². The summed E-state index contributed by atoms with van der Waals surface area (Å²) in [6, 6.07) is 15.2. The van der Waals surface area contributed by atoms with Gasteiger partial charge in [0, 0.05) is 18.0 Å². The van der Waals surface area contributed by atoms with Gasteiger partial charge in [0.1, 0.15) is 11.7 Å². The van der Waals surface area contributed by atoms with Crippen molar-refractivity contribution in [2.24, 2.45) is 5.92 Å². The van der Waals surface area contributed by atoms with Crippen molar-refractivity contribution < 1.29 is 14.3 Å². The van der Waals surface area contributed by atoms with Gasteiger partial charge in [0.05, 0.1) is 0 Å². The van der Waals surface area contributed by atoms with Crippen LogP contribution in [0.2, 0.25) is 0 Å². The van der Waals surface area contributed by atoms with E-state index in [1.54, 1.807) is 0 Å². The van der Waals surface area contributed by atoms with Crippen molar-refractivity contribution in [1.29, 1.82) is 0 Å². The molecule has 0 aliphatic carbocycles. The van der Waals surface area contributed by atoms with Crippen LogP contribution in [0.4, 0.5) is 5.69 Å². The first-order valence-electron chi connectivity index (χ1n) is 8.43. The van der Waals surface area contributed by atoms with Gasteiger partial charge in [-0.15, -0.1) is 0 Å². The number of anilines is 1. The zero-order valence-corrected chi connectivity index (χ0v) is 14.2. The molecule has 2 aliphatic rings. The SMILES string of the molecule is Cc1ccccc1NC(=O)[C@H]1C(=O)N[C@@]2(C)C[C@H]1c1ccccc1O2. The average molecular weight is 336 g/mol. The molecule has 3 atom stereocenters. The van der Waals surface area contributed by atoms with E-state index in [0.717, 1.165) is 22.6 Å². The zero-order chi connectivity index (χ0) is 17.6. The van der Waals surface area contributed by atoms with E-state index in [9.17, 15) is 9.59 Å². The lowest BCUT2D eigenvalue weighted by atomic mass is 9.74. The Hall–Kier alpha value is -2.82. The number of rotatable bonds is 2. The molecule has 0 spiro atoms. The summed E-state index contributed by atoms with van der Waals surface area (Å²) >= 11 is 0. The number of carbonyl (C=O) groups is 2. The Bertz CT molecular complexity index is 864. The van der Waals surface area contributed by atoms with Crippen molar-refractivity contribution >= 4 is 17.5 Å². The van der Waals surface area contributed by atoms with E-state index in [1.165, 1.54) is 0 Å². The number of nitrogens with one attached hydrogen (secondary N) is 2. The summed E-state index contributed by atoms with van der Waals surface area (Å²) in [6.45, 7) is 3.78. The van der Waals surface area contributed by atoms with Crippen LogP contribution in [0.15, 0.2) is 48.5 Å². The van der Waals surface area contributed by atoms with E-state index in [4.69, 9.17) is 4.74 Å². The predicted octanol–water partition coefficient (Wildman–Crippen LogP) is 2.96. The van der Waals surface area contributed by atoms with Crippen molar-refractivity contribution in [2.45, 2.75) is 31.9 Å². The molecule has 2 aliphatic heterocycles. The molecule has 2 aromatic rings. The number of para-hydroxylation sites is 2. The molecule has 5 heteroatoms. The molecule has 2 N–H and O–H groups in total. The summed E-state index contributed by atoms with van der Waals surface area (Å²) in [7, 11) is 0. The number of ether oxygens (including phenoxy) is 1. The van der Waals surface area contributed by atoms with Gasteiger partial charge in [0.2, 0.25) is 11.8 Å². The van der Waals surface area contributed by atoms with Crippen molar-refractivity contribution in [3.63, 3.8) is 0 Å². The topological polar surface area (TPSA) is 67.4 Å². The molecule has 0 radical (unpaired) electrons. The van der Waals surface area contributed by atoms with Gasteiger partial charge in [-0.1, -0.05) is 36.4 Å². The second-order valence-electron chi connectivity index (χ2n) is 6.95. The minimum Gasteiger partial charge on any atom is -0.468 e. The molecule has 2 bridgehead atoms. The van der Waals surface area contributed by atoms with Crippen molar-refractivity contribution in [1.82, 2.24) is 5.32 Å². The quantitative estimate of drug-likeness (QED) is 0.829. The maximum absolute atomic E-state index is 12.9. The molecule has 2 amide bonds. The first-order valence-corrected chi connectivity index (χ1v) is 8.43. The molecule has 25 heavy (non-hydrogen) atoms. The number of carbonyl (C=O) groups excluding carboxylic acids is 2. The standard InChI is InChI=1S/C20H20N2O3/c1-12-7-3-5-9-15(12)21-18(23)17-14-11-20(2,22-19(17)24)25-16-10-6-4-8-13(14)16/h3-10,14,17H,11H2,1-2H3,(H,21,23)(H,22,24)/t14-,17-,20+/m0/s1. The summed E-state index contributed by atoms with van der Waals surface area (Å²) in [4.78, 5) is 25.6. The molecule has 2 heterocycles. The molecule has 128 valence electrons. The third-order valence-corrected chi connectivity index (χ3v) is 5.02. The molecule has 0 unspecified atom stereocenters. The maximum atomic E-state index is 12.9. The number of hydrogen-bond donors (Lipinski definition) is 2. The van der Waals surface area contributed by atoms with E-state index in [1.807, 2.05) is 62.4 Å². The number of amides is 2. The highest BCUT2D eigenvalue weighted by Gasteiger charge is 2.51. The second-order valence-corrected chi connectivity index (χ2v) is 6.95. The molecular weight excluding hydrogens is 316 g/mol. The molecule has 1 saturated heterocycles. The fourth-order valence-electron chi connectivity index (χ4n) is 3.81. The van der Waals surface area contributed by atoms with Crippen LogP contribution in [0.25, 0.3) is 0 Å². The number of hydrogen-bond acceptors (Lipinski definition) is 3. The Morgan fingerprint density at radius 1 is 1.20 bits per heavy atom. The Labute approximate surface area is 146 Å². The fourth-order valence-corrected chi connectivity index (χ4v) is 3.81. The van der Waals surface area contributed by atoms with Crippen molar-refractivity contribution in [2.75, 3.05) is 5.32 Å². The Morgan fingerprint density at radius 3 is 2.72 bits per heavy atom. The predicted molar refractivity (Wildman–Crippen MR) is 94.3 cm³/mol. The fraction of sp³-hybridized carbons (Fsp3) is 0.300.